The molecule has 0 spiro atoms. The zero-order valence-electron chi connectivity index (χ0n) is 8.93. The van der Waals surface area contributed by atoms with Gasteiger partial charge in [-0.15, -0.1) is 0 Å². The van der Waals surface area contributed by atoms with Gasteiger partial charge < -0.3 is 9.84 Å². The monoisotopic (exact) mass is 225 g/mol. The lowest BCUT2D eigenvalue weighted by atomic mass is 10.4. The molecule has 0 fully saturated rings. The van der Waals surface area contributed by atoms with E-state index >= 15 is 0 Å². The highest BCUT2D eigenvalue weighted by Gasteiger charge is 2.23. The normalized spacial score (nSPS) is 12.7. The van der Waals surface area contributed by atoms with Crippen LogP contribution < -0.4 is 0 Å². The summed E-state index contributed by atoms with van der Waals surface area (Å²) in [5.41, 5.74) is 0. The lowest BCUT2D eigenvalue weighted by Crippen LogP contribution is -2.41. The van der Waals surface area contributed by atoms with Crippen molar-refractivity contribution in [1.29, 1.82) is 0 Å². The van der Waals surface area contributed by atoms with Gasteiger partial charge in [-0.05, 0) is 13.8 Å². The Balaban J connectivity index is 4.48. The van der Waals surface area contributed by atoms with Crippen molar-refractivity contribution >= 4 is 10.0 Å². The molecule has 0 aliphatic heterocycles. The second kappa shape index (κ2) is 6.34. The summed E-state index contributed by atoms with van der Waals surface area (Å²) in [5.74, 6) is -0.227. The molecule has 1 N–H and O–H groups in total. The van der Waals surface area contributed by atoms with Gasteiger partial charge in [0, 0.05) is 19.7 Å². The van der Waals surface area contributed by atoms with Crippen LogP contribution in [0.15, 0.2) is 0 Å². The van der Waals surface area contributed by atoms with Crippen molar-refractivity contribution in [2.75, 3.05) is 32.6 Å². The van der Waals surface area contributed by atoms with Crippen molar-refractivity contribution in [2.45, 2.75) is 19.9 Å². The van der Waals surface area contributed by atoms with Crippen LogP contribution in [0.3, 0.4) is 0 Å². The summed E-state index contributed by atoms with van der Waals surface area (Å²) in [7, 11) is -1.82. The Kier molecular flexibility index (Phi) is 6.26. The van der Waals surface area contributed by atoms with Gasteiger partial charge in [0.25, 0.3) is 0 Å². The number of methoxy groups -OCH3 is 1. The molecule has 0 aromatic heterocycles. The first kappa shape index (κ1) is 13.8. The van der Waals surface area contributed by atoms with E-state index in [0.29, 0.717) is 13.2 Å². The van der Waals surface area contributed by atoms with E-state index in [4.69, 9.17) is 9.84 Å². The van der Waals surface area contributed by atoms with Gasteiger partial charge >= 0.3 is 0 Å². The summed E-state index contributed by atoms with van der Waals surface area (Å²) in [5, 5.41) is 8.62. The third kappa shape index (κ3) is 4.36. The number of sulfonamides is 1. The third-order valence-electron chi connectivity index (χ3n) is 1.80. The Morgan fingerprint density at radius 3 is 2.36 bits per heavy atom. The topological polar surface area (TPSA) is 66.8 Å². The fourth-order valence-corrected chi connectivity index (χ4v) is 2.59. The van der Waals surface area contributed by atoms with Crippen LogP contribution in [0, 0.1) is 0 Å². The molecule has 0 aliphatic carbocycles. The van der Waals surface area contributed by atoms with Crippen molar-refractivity contribution in [2.24, 2.45) is 0 Å². The maximum atomic E-state index is 11.6. The fraction of sp³-hybridized carbons (Fsp3) is 1.00. The van der Waals surface area contributed by atoms with E-state index in [1.165, 1.54) is 11.4 Å². The van der Waals surface area contributed by atoms with Crippen molar-refractivity contribution in [3.05, 3.63) is 0 Å². The highest BCUT2D eigenvalue weighted by Crippen LogP contribution is 2.06. The fourth-order valence-electron chi connectivity index (χ4n) is 1.13. The number of hydrogen-bond acceptors (Lipinski definition) is 4. The van der Waals surface area contributed by atoms with E-state index < -0.39 is 10.0 Å². The lowest BCUT2D eigenvalue weighted by Gasteiger charge is -2.25. The Morgan fingerprint density at radius 1 is 1.43 bits per heavy atom. The molecule has 0 aliphatic rings. The van der Waals surface area contributed by atoms with Crippen LogP contribution in [0.4, 0.5) is 0 Å². The van der Waals surface area contributed by atoms with Crippen LogP contribution in [-0.2, 0) is 14.8 Å². The smallest absolute Gasteiger partial charge is 0.216 e. The van der Waals surface area contributed by atoms with Gasteiger partial charge in [-0.1, -0.05) is 0 Å². The minimum atomic E-state index is -3.34. The Hall–Kier alpha value is -0.170. The van der Waals surface area contributed by atoms with E-state index in [0.717, 1.165) is 0 Å². The van der Waals surface area contributed by atoms with Crippen molar-refractivity contribution < 1.29 is 18.3 Å². The second-order valence-electron chi connectivity index (χ2n) is 3.24. The Morgan fingerprint density at radius 2 is 2.00 bits per heavy atom. The molecule has 14 heavy (non-hydrogen) atoms. The number of aliphatic hydroxyl groups is 1. The molecule has 5 nitrogen and oxygen atoms in total. The molecule has 0 radical (unpaired) electrons. The van der Waals surface area contributed by atoms with Crippen LogP contribution in [0.25, 0.3) is 0 Å². The molecule has 0 bridgehead atoms. The first-order valence-electron chi connectivity index (χ1n) is 4.55. The maximum Gasteiger partial charge on any atom is 0.216 e. The van der Waals surface area contributed by atoms with Gasteiger partial charge in [-0.3, -0.25) is 0 Å². The van der Waals surface area contributed by atoms with Gasteiger partial charge in [0.1, 0.15) is 0 Å². The number of aliphatic hydroxyl groups excluding tert-OH is 1. The largest absolute Gasteiger partial charge is 0.395 e. The summed E-state index contributed by atoms with van der Waals surface area (Å²) in [6.45, 7) is 3.94. The minimum absolute atomic E-state index is 0.110. The molecule has 0 heterocycles. The Labute approximate surface area is 85.7 Å². The van der Waals surface area contributed by atoms with Gasteiger partial charge in [-0.25, -0.2) is 8.42 Å². The summed E-state index contributed by atoms with van der Waals surface area (Å²) in [6.07, 6.45) is 0. The van der Waals surface area contributed by atoms with Crippen LogP contribution in [0.5, 0.6) is 0 Å². The molecule has 0 amide bonds. The first-order valence-corrected chi connectivity index (χ1v) is 6.16. The second-order valence-corrected chi connectivity index (χ2v) is 5.28. The van der Waals surface area contributed by atoms with Crippen molar-refractivity contribution in [1.82, 2.24) is 4.31 Å². The number of nitrogens with zero attached hydrogens (tertiary/aromatic N) is 1. The molecule has 0 rings (SSSR count). The van der Waals surface area contributed by atoms with Gasteiger partial charge in [0.05, 0.1) is 19.0 Å². The molecule has 0 aromatic carbocycles. The minimum Gasteiger partial charge on any atom is -0.395 e. The average molecular weight is 225 g/mol. The zero-order valence-corrected chi connectivity index (χ0v) is 9.75. The van der Waals surface area contributed by atoms with Gasteiger partial charge in [0.2, 0.25) is 10.0 Å². The van der Waals surface area contributed by atoms with Crippen LogP contribution in [0.2, 0.25) is 0 Å². The zero-order chi connectivity index (χ0) is 11.2. The highest BCUT2D eigenvalue weighted by molar-refractivity contribution is 7.89. The quantitative estimate of drug-likeness (QED) is 0.644. The van der Waals surface area contributed by atoms with Gasteiger partial charge in [0.15, 0.2) is 0 Å². The molecule has 0 unspecified atom stereocenters. The summed E-state index contributed by atoms with van der Waals surface area (Å²) in [4.78, 5) is 0. The van der Waals surface area contributed by atoms with E-state index in [1.807, 2.05) is 0 Å². The van der Waals surface area contributed by atoms with E-state index in [-0.39, 0.29) is 18.4 Å². The number of hydrogen-bond donors (Lipinski definition) is 1. The van der Waals surface area contributed by atoms with Crippen molar-refractivity contribution in [3.8, 4) is 0 Å². The van der Waals surface area contributed by atoms with E-state index in [1.54, 1.807) is 13.8 Å². The average Bonchev–Trinajstić information content (AvgIpc) is 2.03. The van der Waals surface area contributed by atoms with E-state index in [9.17, 15) is 8.42 Å². The summed E-state index contributed by atoms with van der Waals surface area (Å²) >= 11 is 0. The summed E-state index contributed by atoms with van der Waals surface area (Å²) < 4.78 is 29.3. The SMILES string of the molecule is COCCN(C(C)C)S(=O)(=O)CCO. The van der Waals surface area contributed by atoms with Crippen LogP contribution in [0.1, 0.15) is 13.8 Å². The van der Waals surface area contributed by atoms with Crippen LogP contribution in [-0.4, -0.2) is 56.5 Å². The molecule has 86 valence electrons. The molecule has 0 atom stereocenters. The van der Waals surface area contributed by atoms with Crippen LogP contribution >= 0.6 is 0 Å². The molecular weight excluding hydrogens is 206 g/mol. The van der Waals surface area contributed by atoms with Gasteiger partial charge in [-0.2, -0.15) is 4.31 Å². The number of ether oxygens (including phenoxy) is 1. The third-order valence-corrected chi connectivity index (χ3v) is 3.82. The Bertz CT molecular complexity index is 238. The predicted octanol–water partition coefficient (Wildman–Crippen LogP) is -0.335. The molecule has 0 saturated heterocycles. The molecule has 0 aromatic rings. The standard InChI is InChI=1S/C8H19NO4S/c1-8(2)9(4-6-13-3)14(11,12)7-5-10/h8,10H,4-7H2,1-3H3. The predicted molar refractivity (Wildman–Crippen MR) is 54.6 cm³/mol. The maximum absolute atomic E-state index is 11.6. The molecular formula is C8H19NO4S. The van der Waals surface area contributed by atoms with E-state index in [2.05, 4.69) is 0 Å². The molecule has 0 saturated carbocycles. The molecule has 6 heteroatoms. The lowest BCUT2D eigenvalue weighted by molar-refractivity contribution is 0.170. The summed E-state index contributed by atoms with van der Waals surface area (Å²) in [6, 6.07) is -0.110. The first-order chi connectivity index (χ1) is 6.45. The highest BCUT2D eigenvalue weighted by atomic mass is 32.2. The van der Waals surface area contributed by atoms with Crippen molar-refractivity contribution in [3.63, 3.8) is 0 Å². The number of rotatable bonds is 7.